The molecule has 0 spiro atoms. The fourth-order valence-electron chi connectivity index (χ4n) is 4.90. The number of benzene rings is 4. The summed E-state index contributed by atoms with van der Waals surface area (Å²) in [6, 6.07) is 26.6. The molecule has 0 radical (unpaired) electrons. The molecule has 0 unspecified atom stereocenters. The molecule has 180 valence electrons. The number of ether oxygens (including phenoxy) is 1. The van der Waals surface area contributed by atoms with Crippen LogP contribution in [0.2, 0.25) is 0 Å². The molecule has 0 bridgehead atoms. The number of halogens is 2. The van der Waals surface area contributed by atoms with Crippen molar-refractivity contribution in [2.75, 3.05) is 6.54 Å². The van der Waals surface area contributed by atoms with Crippen LogP contribution in [-0.2, 0) is 0 Å². The minimum absolute atomic E-state index is 0. The van der Waals surface area contributed by atoms with E-state index in [4.69, 9.17) is 4.74 Å². The molecule has 0 aliphatic carbocycles. The van der Waals surface area contributed by atoms with E-state index in [2.05, 4.69) is 48.6 Å². The summed E-state index contributed by atoms with van der Waals surface area (Å²) in [6.07, 6.45) is 0.436. The summed E-state index contributed by atoms with van der Waals surface area (Å²) in [5.41, 5.74) is 2.58. The lowest BCUT2D eigenvalue weighted by molar-refractivity contribution is 0.0696. The molecular formula is C29H27ClFNO3. The Balaban J connectivity index is 0.00000289. The van der Waals surface area contributed by atoms with Gasteiger partial charge < -0.3 is 15.2 Å². The lowest BCUT2D eigenvalue weighted by Crippen LogP contribution is -2.37. The number of nitrogens with one attached hydrogen (secondary N) is 1. The lowest BCUT2D eigenvalue weighted by Gasteiger charge is -2.33. The van der Waals surface area contributed by atoms with E-state index in [-0.39, 0.29) is 36.0 Å². The predicted molar refractivity (Wildman–Crippen MR) is 138 cm³/mol. The van der Waals surface area contributed by atoms with E-state index in [0.717, 1.165) is 17.4 Å². The third-order valence-corrected chi connectivity index (χ3v) is 6.65. The number of aromatic carboxylic acids is 1. The van der Waals surface area contributed by atoms with E-state index in [0.29, 0.717) is 18.5 Å². The Morgan fingerprint density at radius 2 is 1.77 bits per heavy atom. The summed E-state index contributed by atoms with van der Waals surface area (Å²) < 4.78 is 21.3. The normalized spacial score (nSPS) is 17.7. The average molecular weight is 492 g/mol. The van der Waals surface area contributed by atoms with Gasteiger partial charge in [-0.25, -0.2) is 9.18 Å². The third-order valence-electron chi connectivity index (χ3n) is 6.65. The van der Waals surface area contributed by atoms with Crippen LogP contribution >= 0.6 is 12.4 Å². The van der Waals surface area contributed by atoms with Gasteiger partial charge in [-0.3, -0.25) is 0 Å². The van der Waals surface area contributed by atoms with Gasteiger partial charge >= 0.3 is 5.97 Å². The van der Waals surface area contributed by atoms with E-state index in [1.54, 1.807) is 6.07 Å². The quantitative estimate of drug-likeness (QED) is 0.314. The fourth-order valence-corrected chi connectivity index (χ4v) is 4.90. The van der Waals surface area contributed by atoms with Crippen LogP contribution in [0.4, 0.5) is 4.39 Å². The molecule has 1 heterocycles. The summed E-state index contributed by atoms with van der Waals surface area (Å²) in [5.74, 6) is -1.11. The number of hydrogen-bond donors (Lipinski definition) is 2. The van der Waals surface area contributed by atoms with E-state index in [9.17, 15) is 14.3 Å². The van der Waals surface area contributed by atoms with Crippen LogP contribution in [-0.4, -0.2) is 23.7 Å². The molecule has 2 N–H and O–H groups in total. The van der Waals surface area contributed by atoms with Crippen molar-refractivity contribution in [2.45, 2.75) is 31.4 Å². The zero-order chi connectivity index (χ0) is 23.7. The molecule has 1 aliphatic rings. The third kappa shape index (κ3) is 5.02. The van der Waals surface area contributed by atoms with Crippen LogP contribution in [0.1, 0.15) is 52.4 Å². The number of rotatable bonds is 6. The maximum absolute atomic E-state index is 15.0. The molecule has 4 aromatic carbocycles. The van der Waals surface area contributed by atoms with E-state index in [1.807, 2.05) is 30.3 Å². The van der Waals surface area contributed by atoms with Gasteiger partial charge in [-0.2, -0.15) is 0 Å². The molecule has 6 heteroatoms. The molecule has 4 aromatic rings. The molecule has 0 aromatic heterocycles. The Morgan fingerprint density at radius 1 is 1.03 bits per heavy atom. The second kappa shape index (κ2) is 10.5. The Kier molecular flexibility index (Phi) is 7.39. The first kappa shape index (κ1) is 24.7. The highest BCUT2D eigenvalue weighted by Gasteiger charge is 2.31. The monoisotopic (exact) mass is 491 g/mol. The van der Waals surface area contributed by atoms with Crippen molar-refractivity contribution in [3.63, 3.8) is 0 Å². The smallest absolute Gasteiger partial charge is 0.335 e. The van der Waals surface area contributed by atoms with Gasteiger partial charge in [0.25, 0.3) is 0 Å². The summed E-state index contributed by atoms with van der Waals surface area (Å²) in [6.45, 7) is 2.74. The van der Waals surface area contributed by atoms with Crippen molar-refractivity contribution in [3.8, 4) is 5.75 Å². The average Bonchev–Trinajstić information content (AvgIpc) is 2.86. The van der Waals surface area contributed by atoms with Crippen LogP contribution in [0.15, 0.2) is 84.9 Å². The SMILES string of the molecule is C[C@@H](NC[C@H]1C[C@@H](c2ccc(C(=O)O)cc2F)c2ccccc2O1)c1cccc2ccccc12.Cl. The standard InChI is InChI=1S/C29H26FNO3.ClH/c1-18(22-11-6-8-19-7-2-3-9-23(19)22)31-17-21-16-26(25-10-4-5-12-28(25)34-21)24-14-13-20(29(32)33)15-27(24)30;/h2-15,18,21,26,31H,16-17H2,1H3,(H,32,33);1H/t18-,21-,26+;/m1./s1. The first-order chi connectivity index (χ1) is 16.5. The van der Waals surface area contributed by atoms with Gasteiger partial charge in [0, 0.05) is 24.1 Å². The Labute approximate surface area is 210 Å². The van der Waals surface area contributed by atoms with E-state index in [1.165, 1.54) is 22.4 Å². The first-order valence-electron chi connectivity index (χ1n) is 11.5. The van der Waals surface area contributed by atoms with Crippen molar-refractivity contribution in [2.24, 2.45) is 0 Å². The van der Waals surface area contributed by atoms with Crippen LogP contribution in [0.25, 0.3) is 10.8 Å². The highest BCUT2D eigenvalue weighted by molar-refractivity contribution is 5.87. The molecule has 3 atom stereocenters. The molecule has 0 saturated carbocycles. The Morgan fingerprint density at radius 3 is 2.57 bits per heavy atom. The highest BCUT2D eigenvalue weighted by Crippen LogP contribution is 2.41. The molecule has 5 rings (SSSR count). The summed E-state index contributed by atoms with van der Waals surface area (Å²) in [4.78, 5) is 11.2. The van der Waals surface area contributed by atoms with Gasteiger partial charge in [-0.1, -0.05) is 66.7 Å². The number of carbonyl (C=O) groups is 1. The molecule has 0 fully saturated rings. The number of carboxylic acids is 1. The molecule has 35 heavy (non-hydrogen) atoms. The van der Waals surface area contributed by atoms with Crippen molar-refractivity contribution >= 4 is 29.1 Å². The largest absolute Gasteiger partial charge is 0.489 e. The van der Waals surface area contributed by atoms with E-state index < -0.39 is 11.8 Å². The van der Waals surface area contributed by atoms with Crippen molar-refractivity contribution in [3.05, 3.63) is 113 Å². The molecular weight excluding hydrogens is 465 g/mol. The summed E-state index contributed by atoms with van der Waals surface area (Å²) in [7, 11) is 0. The fraction of sp³-hybridized carbons (Fsp3) is 0.207. The van der Waals surface area contributed by atoms with Crippen LogP contribution in [0.5, 0.6) is 5.75 Å². The maximum Gasteiger partial charge on any atom is 0.335 e. The Hall–Kier alpha value is -3.41. The first-order valence-corrected chi connectivity index (χ1v) is 11.5. The van der Waals surface area contributed by atoms with Gasteiger partial charge in [-0.05, 0) is 53.4 Å². The second-order valence-corrected chi connectivity index (χ2v) is 8.81. The highest BCUT2D eigenvalue weighted by atomic mass is 35.5. The van der Waals surface area contributed by atoms with E-state index >= 15 is 0 Å². The Bertz CT molecular complexity index is 1350. The minimum Gasteiger partial charge on any atom is -0.489 e. The van der Waals surface area contributed by atoms with Gasteiger partial charge in [0.05, 0.1) is 5.56 Å². The van der Waals surface area contributed by atoms with Crippen molar-refractivity contribution in [1.29, 1.82) is 0 Å². The minimum atomic E-state index is -1.14. The zero-order valence-corrected chi connectivity index (χ0v) is 20.1. The molecule has 0 saturated heterocycles. The molecule has 1 aliphatic heterocycles. The van der Waals surface area contributed by atoms with Crippen LogP contribution < -0.4 is 10.1 Å². The summed E-state index contributed by atoms with van der Waals surface area (Å²) in [5, 5.41) is 15.2. The second-order valence-electron chi connectivity index (χ2n) is 8.81. The van der Waals surface area contributed by atoms with Gasteiger partial charge in [-0.15, -0.1) is 12.4 Å². The maximum atomic E-state index is 15.0. The number of fused-ring (bicyclic) bond motifs is 2. The predicted octanol–water partition coefficient (Wildman–Crippen LogP) is 6.73. The topological polar surface area (TPSA) is 58.6 Å². The van der Waals surface area contributed by atoms with Crippen molar-refractivity contribution in [1.82, 2.24) is 5.32 Å². The van der Waals surface area contributed by atoms with Crippen LogP contribution in [0, 0.1) is 5.82 Å². The number of carboxylic acid groups (broad SMARTS) is 1. The van der Waals surface area contributed by atoms with Gasteiger partial charge in [0.15, 0.2) is 0 Å². The molecule has 0 amide bonds. The van der Waals surface area contributed by atoms with Crippen molar-refractivity contribution < 1.29 is 19.0 Å². The zero-order valence-electron chi connectivity index (χ0n) is 19.3. The number of para-hydroxylation sites is 1. The van der Waals surface area contributed by atoms with Crippen LogP contribution in [0.3, 0.4) is 0 Å². The molecule has 4 nitrogen and oxygen atoms in total. The van der Waals surface area contributed by atoms with Gasteiger partial charge in [0.2, 0.25) is 0 Å². The lowest BCUT2D eigenvalue weighted by atomic mass is 9.83. The summed E-state index contributed by atoms with van der Waals surface area (Å²) >= 11 is 0. The number of hydrogen-bond acceptors (Lipinski definition) is 3. The van der Waals surface area contributed by atoms with Gasteiger partial charge in [0.1, 0.15) is 17.7 Å².